The average molecular weight is 193 g/mol. The largest absolute Gasteiger partial charge is 0.383 e. The molecular weight excluding hydrogens is 186 g/mol. The van der Waals surface area contributed by atoms with Gasteiger partial charge in [-0.1, -0.05) is 0 Å². The molecule has 72 valence electrons. The fraction of sp³-hybridized carbons (Fsp3) is 0.250. The van der Waals surface area contributed by atoms with Crippen LogP contribution in [0.15, 0.2) is 0 Å². The lowest BCUT2D eigenvalue weighted by Crippen LogP contribution is -2.05. The first-order valence-electron chi connectivity index (χ1n) is 3.51. The minimum Gasteiger partial charge on any atom is -0.383 e. The van der Waals surface area contributed by atoms with E-state index in [1.165, 1.54) is 7.05 Å². The van der Waals surface area contributed by atoms with E-state index in [-0.39, 0.29) is 0 Å². The average Bonchev–Trinajstić information content (AvgIpc) is 2.13. The maximum atomic E-state index is 12.9. The Morgan fingerprint density at radius 3 is 1.54 bits per heavy atom. The maximum absolute atomic E-state index is 12.9. The Morgan fingerprint density at radius 2 is 1.23 bits per heavy atom. The lowest BCUT2D eigenvalue weighted by atomic mass is 10.1. The summed E-state index contributed by atoms with van der Waals surface area (Å²) in [6.45, 7) is 0.969. The fourth-order valence-electron chi connectivity index (χ4n) is 0.961. The summed E-state index contributed by atoms with van der Waals surface area (Å²) >= 11 is 0. The molecule has 0 radical (unpaired) electrons. The summed E-state index contributed by atoms with van der Waals surface area (Å²) in [7, 11) is 1.18. The first-order valence-corrected chi connectivity index (χ1v) is 3.51. The van der Waals surface area contributed by atoms with Crippen molar-refractivity contribution < 1.29 is 17.6 Å². The molecule has 0 aliphatic rings. The summed E-state index contributed by atoms with van der Waals surface area (Å²) in [5, 5.41) is 2.04. The van der Waals surface area contributed by atoms with E-state index in [0.29, 0.717) is 0 Å². The Morgan fingerprint density at radius 1 is 0.846 bits per heavy atom. The van der Waals surface area contributed by atoms with E-state index in [0.717, 1.165) is 6.92 Å². The van der Waals surface area contributed by atoms with Gasteiger partial charge in [0.15, 0.2) is 23.3 Å². The van der Waals surface area contributed by atoms with Crippen LogP contribution in [0.2, 0.25) is 0 Å². The molecule has 0 spiro atoms. The van der Waals surface area contributed by atoms with Crippen LogP contribution in [0.1, 0.15) is 5.56 Å². The molecule has 0 unspecified atom stereocenters. The van der Waals surface area contributed by atoms with Crippen molar-refractivity contribution in [3.8, 4) is 0 Å². The standard InChI is InChI=1S/C8H7F4N/c1-3-4(9)6(11)8(13-2)7(12)5(3)10/h13H,1-2H3. The molecule has 0 saturated carbocycles. The molecule has 0 heterocycles. The Hall–Kier alpha value is -1.26. The molecule has 13 heavy (non-hydrogen) atoms. The van der Waals surface area contributed by atoms with Gasteiger partial charge >= 0.3 is 0 Å². The predicted octanol–water partition coefficient (Wildman–Crippen LogP) is 2.59. The number of anilines is 1. The van der Waals surface area contributed by atoms with Crippen molar-refractivity contribution in [1.29, 1.82) is 0 Å². The van der Waals surface area contributed by atoms with Gasteiger partial charge in [-0.05, 0) is 6.92 Å². The Kier molecular flexibility index (Phi) is 2.45. The van der Waals surface area contributed by atoms with Crippen LogP contribution in [0.4, 0.5) is 23.2 Å². The number of hydrogen-bond acceptors (Lipinski definition) is 1. The first kappa shape index (κ1) is 9.83. The Labute approximate surface area is 72.4 Å². The van der Waals surface area contributed by atoms with Crippen LogP contribution in [-0.2, 0) is 0 Å². The predicted molar refractivity (Wildman–Crippen MR) is 40.6 cm³/mol. The van der Waals surface area contributed by atoms with Crippen molar-refractivity contribution in [1.82, 2.24) is 0 Å². The van der Waals surface area contributed by atoms with Crippen molar-refractivity contribution >= 4 is 5.69 Å². The summed E-state index contributed by atoms with van der Waals surface area (Å²) in [5.74, 6) is -5.55. The molecule has 0 amide bonds. The molecule has 1 aromatic rings. The fourth-order valence-corrected chi connectivity index (χ4v) is 0.961. The molecule has 0 aromatic heterocycles. The van der Waals surface area contributed by atoms with Crippen LogP contribution in [0.5, 0.6) is 0 Å². The van der Waals surface area contributed by atoms with Gasteiger partial charge in [0.1, 0.15) is 5.69 Å². The van der Waals surface area contributed by atoms with Crippen molar-refractivity contribution in [2.24, 2.45) is 0 Å². The van der Waals surface area contributed by atoms with E-state index in [1.807, 2.05) is 5.32 Å². The van der Waals surface area contributed by atoms with Crippen LogP contribution in [0.25, 0.3) is 0 Å². The van der Waals surface area contributed by atoms with E-state index in [9.17, 15) is 17.6 Å². The molecule has 0 fully saturated rings. The highest BCUT2D eigenvalue weighted by atomic mass is 19.2. The second kappa shape index (κ2) is 3.24. The third-order valence-corrected chi connectivity index (χ3v) is 1.73. The van der Waals surface area contributed by atoms with E-state index in [4.69, 9.17) is 0 Å². The van der Waals surface area contributed by atoms with Crippen LogP contribution < -0.4 is 5.32 Å². The number of hydrogen-bond donors (Lipinski definition) is 1. The number of nitrogens with one attached hydrogen (secondary N) is 1. The highest BCUT2D eigenvalue weighted by Gasteiger charge is 2.21. The molecule has 1 aromatic carbocycles. The minimum absolute atomic E-state index is 0.658. The third-order valence-electron chi connectivity index (χ3n) is 1.73. The van der Waals surface area contributed by atoms with Crippen LogP contribution in [-0.4, -0.2) is 7.05 Å². The van der Waals surface area contributed by atoms with Crippen LogP contribution in [0.3, 0.4) is 0 Å². The topological polar surface area (TPSA) is 12.0 Å². The molecule has 1 N–H and O–H groups in total. The SMILES string of the molecule is CNc1c(F)c(F)c(C)c(F)c1F. The monoisotopic (exact) mass is 193 g/mol. The third kappa shape index (κ3) is 1.34. The lowest BCUT2D eigenvalue weighted by molar-refractivity contribution is 0.450. The Bertz CT molecular complexity index is 319. The zero-order valence-electron chi connectivity index (χ0n) is 7.01. The zero-order valence-corrected chi connectivity index (χ0v) is 7.01. The normalized spacial score (nSPS) is 10.3. The molecule has 1 nitrogen and oxygen atoms in total. The summed E-state index contributed by atoms with van der Waals surface area (Å²) in [6, 6.07) is 0. The van der Waals surface area contributed by atoms with Gasteiger partial charge in [0, 0.05) is 12.6 Å². The number of rotatable bonds is 1. The minimum atomic E-state index is -1.40. The van der Waals surface area contributed by atoms with Gasteiger partial charge in [0.2, 0.25) is 0 Å². The van der Waals surface area contributed by atoms with E-state index in [1.54, 1.807) is 0 Å². The zero-order chi connectivity index (χ0) is 10.2. The molecule has 5 heteroatoms. The highest BCUT2D eigenvalue weighted by molar-refractivity contribution is 5.48. The van der Waals surface area contributed by atoms with Crippen LogP contribution in [0, 0.1) is 30.2 Å². The van der Waals surface area contributed by atoms with Gasteiger partial charge in [-0.2, -0.15) is 0 Å². The van der Waals surface area contributed by atoms with Gasteiger partial charge in [0.25, 0.3) is 0 Å². The molecule has 1 rings (SSSR count). The molecule has 0 aliphatic carbocycles. The molecule has 0 bridgehead atoms. The van der Waals surface area contributed by atoms with E-state index < -0.39 is 34.5 Å². The second-order valence-electron chi connectivity index (χ2n) is 2.51. The first-order chi connectivity index (χ1) is 6.00. The quantitative estimate of drug-likeness (QED) is 0.534. The number of benzene rings is 1. The number of halogens is 4. The summed E-state index contributed by atoms with van der Waals surface area (Å²) < 4.78 is 51.3. The summed E-state index contributed by atoms with van der Waals surface area (Å²) in [4.78, 5) is 0. The molecule has 0 saturated heterocycles. The van der Waals surface area contributed by atoms with Gasteiger partial charge in [-0.3, -0.25) is 0 Å². The van der Waals surface area contributed by atoms with Crippen molar-refractivity contribution in [3.05, 3.63) is 28.8 Å². The Balaban J connectivity index is 3.56. The van der Waals surface area contributed by atoms with Crippen molar-refractivity contribution in [3.63, 3.8) is 0 Å². The van der Waals surface area contributed by atoms with E-state index >= 15 is 0 Å². The second-order valence-corrected chi connectivity index (χ2v) is 2.51. The van der Waals surface area contributed by atoms with Gasteiger partial charge in [0.05, 0.1) is 0 Å². The van der Waals surface area contributed by atoms with Gasteiger partial charge < -0.3 is 5.32 Å². The van der Waals surface area contributed by atoms with Crippen molar-refractivity contribution in [2.45, 2.75) is 6.92 Å². The highest BCUT2D eigenvalue weighted by Crippen LogP contribution is 2.26. The summed E-state index contributed by atoms with van der Waals surface area (Å²) in [6.07, 6.45) is 0. The lowest BCUT2D eigenvalue weighted by Gasteiger charge is -2.08. The molecule has 0 aliphatic heterocycles. The molecular formula is C8H7F4N. The van der Waals surface area contributed by atoms with Crippen LogP contribution >= 0.6 is 0 Å². The van der Waals surface area contributed by atoms with Gasteiger partial charge in [-0.25, -0.2) is 17.6 Å². The maximum Gasteiger partial charge on any atom is 0.185 e. The molecule has 0 atom stereocenters. The van der Waals surface area contributed by atoms with E-state index in [2.05, 4.69) is 0 Å². The summed E-state index contributed by atoms with van der Waals surface area (Å²) in [5.41, 5.74) is -1.45. The van der Waals surface area contributed by atoms with Gasteiger partial charge in [-0.15, -0.1) is 0 Å². The van der Waals surface area contributed by atoms with Crippen molar-refractivity contribution in [2.75, 3.05) is 12.4 Å². The smallest absolute Gasteiger partial charge is 0.185 e.